The first kappa shape index (κ1) is 13.8. The Morgan fingerprint density at radius 1 is 1.29 bits per heavy atom. The molecule has 17 heavy (non-hydrogen) atoms. The molecule has 0 saturated carbocycles. The lowest BCUT2D eigenvalue weighted by molar-refractivity contribution is -0.274. The number of alkyl halides is 3. The summed E-state index contributed by atoms with van der Waals surface area (Å²) in [6, 6.07) is 2.92. The average Bonchev–Trinajstić information content (AvgIpc) is 2.25. The van der Waals surface area contributed by atoms with Crippen molar-refractivity contribution >= 4 is 0 Å². The molecule has 0 fully saturated rings. The monoisotopic (exact) mass is 247 g/mol. The third-order valence-corrected chi connectivity index (χ3v) is 2.54. The molecule has 1 aromatic rings. The van der Waals surface area contributed by atoms with Gasteiger partial charge in [0, 0.05) is 11.6 Å². The first-order valence-electron chi connectivity index (χ1n) is 5.68. The van der Waals surface area contributed by atoms with Crippen LogP contribution in [0.3, 0.4) is 0 Å². The minimum Gasteiger partial charge on any atom is -0.404 e. The van der Waals surface area contributed by atoms with Crippen molar-refractivity contribution in [3.63, 3.8) is 0 Å². The van der Waals surface area contributed by atoms with Crippen molar-refractivity contribution in [2.24, 2.45) is 0 Å². The first-order valence-corrected chi connectivity index (χ1v) is 5.68. The highest BCUT2D eigenvalue weighted by Crippen LogP contribution is 2.26. The first-order chi connectivity index (χ1) is 7.96. The molecular weight excluding hydrogens is 231 g/mol. The van der Waals surface area contributed by atoms with Crippen LogP contribution in [0, 0.1) is 0 Å². The van der Waals surface area contributed by atoms with Crippen molar-refractivity contribution in [2.75, 3.05) is 0 Å². The number of hydrogen-bond donors (Lipinski definition) is 0. The average molecular weight is 247 g/mol. The van der Waals surface area contributed by atoms with E-state index in [-0.39, 0.29) is 5.75 Å². The Bertz CT molecular complexity index is 335. The second kappa shape index (κ2) is 5.89. The quantitative estimate of drug-likeness (QED) is 0.775. The van der Waals surface area contributed by atoms with Crippen LogP contribution >= 0.6 is 0 Å². The van der Waals surface area contributed by atoms with Gasteiger partial charge in [0.15, 0.2) is 0 Å². The predicted octanol–water partition coefficient (Wildman–Crippen LogP) is 4.27. The molecule has 0 aliphatic rings. The number of pyridine rings is 1. The van der Waals surface area contributed by atoms with Gasteiger partial charge in [0.25, 0.3) is 0 Å². The van der Waals surface area contributed by atoms with Crippen LogP contribution in [0.1, 0.15) is 44.7 Å². The lowest BCUT2D eigenvalue weighted by atomic mass is 9.96. The summed E-state index contributed by atoms with van der Waals surface area (Å²) in [6.45, 7) is 4.12. The summed E-state index contributed by atoms with van der Waals surface area (Å²) in [5, 5.41) is 0. The van der Waals surface area contributed by atoms with Gasteiger partial charge in [0.05, 0.1) is 6.20 Å². The second-order valence-corrected chi connectivity index (χ2v) is 3.86. The summed E-state index contributed by atoms with van der Waals surface area (Å²) >= 11 is 0. The number of halogens is 3. The van der Waals surface area contributed by atoms with Crippen molar-refractivity contribution in [1.29, 1.82) is 0 Å². The van der Waals surface area contributed by atoms with Crippen molar-refractivity contribution in [3.05, 3.63) is 24.0 Å². The molecule has 1 aromatic heterocycles. The maximum atomic E-state index is 11.9. The van der Waals surface area contributed by atoms with Crippen molar-refractivity contribution in [3.8, 4) is 5.75 Å². The Labute approximate surface area is 98.8 Å². The molecule has 0 amide bonds. The third kappa shape index (κ3) is 4.63. The zero-order valence-electron chi connectivity index (χ0n) is 9.92. The Hall–Kier alpha value is -1.26. The fourth-order valence-corrected chi connectivity index (χ4v) is 1.74. The number of nitrogens with zero attached hydrogens (tertiary/aromatic N) is 1. The standard InChI is InChI=1S/C12H16F3NO/c1-3-5-9(4-2)11-7-6-10(8-16-11)17-12(13,14)15/h6-9H,3-5H2,1-2H3. The summed E-state index contributed by atoms with van der Waals surface area (Å²) < 4.78 is 39.6. The van der Waals surface area contributed by atoms with Crippen LogP contribution in [0.5, 0.6) is 5.75 Å². The molecule has 0 radical (unpaired) electrons. The lowest BCUT2D eigenvalue weighted by Gasteiger charge is -2.14. The zero-order valence-corrected chi connectivity index (χ0v) is 9.92. The van der Waals surface area contributed by atoms with Crippen LogP contribution in [0.4, 0.5) is 13.2 Å². The smallest absolute Gasteiger partial charge is 0.404 e. The van der Waals surface area contributed by atoms with Gasteiger partial charge >= 0.3 is 6.36 Å². The van der Waals surface area contributed by atoms with Gasteiger partial charge in [-0.1, -0.05) is 20.3 Å². The number of rotatable bonds is 5. The Kier molecular flexibility index (Phi) is 4.78. The molecule has 5 heteroatoms. The van der Waals surface area contributed by atoms with E-state index in [1.54, 1.807) is 6.07 Å². The molecule has 1 rings (SSSR count). The van der Waals surface area contributed by atoms with Gasteiger partial charge in [-0.25, -0.2) is 0 Å². The molecule has 96 valence electrons. The third-order valence-electron chi connectivity index (χ3n) is 2.54. The molecule has 0 bridgehead atoms. The zero-order chi connectivity index (χ0) is 12.9. The van der Waals surface area contributed by atoms with Gasteiger partial charge < -0.3 is 4.74 Å². The molecule has 0 N–H and O–H groups in total. The largest absolute Gasteiger partial charge is 0.573 e. The summed E-state index contributed by atoms with van der Waals surface area (Å²) in [6.07, 6.45) is -0.581. The minimum absolute atomic E-state index is 0.271. The van der Waals surface area contributed by atoms with E-state index in [9.17, 15) is 13.2 Å². The summed E-state index contributed by atoms with van der Waals surface area (Å²) in [4.78, 5) is 4.03. The molecule has 0 aliphatic carbocycles. The van der Waals surface area contributed by atoms with Crippen molar-refractivity contribution in [1.82, 2.24) is 4.98 Å². The van der Waals surface area contributed by atoms with Crippen LogP contribution in [0.2, 0.25) is 0 Å². The van der Waals surface area contributed by atoms with Gasteiger partial charge in [-0.05, 0) is 25.0 Å². The van der Waals surface area contributed by atoms with E-state index >= 15 is 0 Å². The maximum Gasteiger partial charge on any atom is 0.573 e. The van der Waals surface area contributed by atoms with E-state index in [1.807, 2.05) is 6.92 Å². The van der Waals surface area contributed by atoms with E-state index in [2.05, 4.69) is 16.6 Å². The van der Waals surface area contributed by atoms with Gasteiger partial charge in [0.1, 0.15) is 5.75 Å². The molecule has 1 atom stereocenters. The van der Waals surface area contributed by atoms with Gasteiger partial charge in [-0.15, -0.1) is 13.2 Å². The molecule has 0 saturated heterocycles. The van der Waals surface area contributed by atoms with Crippen LogP contribution < -0.4 is 4.74 Å². The second-order valence-electron chi connectivity index (χ2n) is 3.86. The van der Waals surface area contributed by atoms with Gasteiger partial charge in [-0.2, -0.15) is 0 Å². The molecule has 2 nitrogen and oxygen atoms in total. The van der Waals surface area contributed by atoms with Crippen molar-refractivity contribution in [2.45, 2.75) is 45.4 Å². The summed E-state index contributed by atoms with van der Waals surface area (Å²) in [7, 11) is 0. The van der Waals surface area contributed by atoms with Gasteiger partial charge in [-0.3, -0.25) is 4.98 Å². The van der Waals surface area contributed by atoms with Crippen LogP contribution in [0.15, 0.2) is 18.3 Å². The molecule has 1 heterocycles. The fraction of sp³-hybridized carbons (Fsp3) is 0.583. The lowest BCUT2D eigenvalue weighted by Crippen LogP contribution is -2.17. The Morgan fingerprint density at radius 2 is 2.00 bits per heavy atom. The highest BCUT2D eigenvalue weighted by Gasteiger charge is 2.31. The SMILES string of the molecule is CCCC(CC)c1ccc(OC(F)(F)F)cn1. The molecular formula is C12H16F3NO. The Morgan fingerprint density at radius 3 is 2.41 bits per heavy atom. The van der Waals surface area contributed by atoms with E-state index in [4.69, 9.17) is 0 Å². The van der Waals surface area contributed by atoms with Crippen LogP contribution in [0.25, 0.3) is 0 Å². The number of hydrogen-bond acceptors (Lipinski definition) is 2. The molecule has 0 spiro atoms. The maximum absolute atomic E-state index is 11.9. The molecule has 0 aliphatic heterocycles. The normalized spacial score (nSPS) is 13.5. The van der Waals surface area contributed by atoms with E-state index in [1.165, 1.54) is 6.07 Å². The number of ether oxygens (including phenoxy) is 1. The fourth-order valence-electron chi connectivity index (χ4n) is 1.74. The molecule has 0 aromatic carbocycles. The minimum atomic E-state index is -4.66. The van der Waals surface area contributed by atoms with Crippen LogP contribution in [-0.2, 0) is 0 Å². The molecule has 1 unspecified atom stereocenters. The highest BCUT2D eigenvalue weighted by molar-refractivity contribution is 5.22. The number of aromatic nitrogens is 1. The summed E-state index contributed by atoms with van der Waals surface area (Å²) in [5.41, 5.74) is 0.823. The van der Waals surface area contributed by atoms with E-state index in [0.717, 1.165) is 31.2 Å². The highest BCUT2D eigenvalue weighted by atomic mass is 19.4. The predicted molar refractivity (Wildman–Crippen MR) is 58.9 cm³/mol. The Balaban J connectivity index is 2.73. The topological polar surface area (TPSA) is 22.1 Å². The van der Waals surface area contributed by atoms with E-state index < -0.39 is 6.36 Å². The van der Waals surface area contributed by atoms with E-state index in [0.29, 0.717) is 5.92 Å². The van der Waals surface area contributed by atoms with Crippen LogP contribution in [-0.4, -0.2) is 11.3 Å². The van der Waals surface area contributed by atoms with Crippen molar-refractivity contribution < 1.29 is 17.9 Å². The summed E-state index contributed by atoms with van der Waals surface area (Å²) in [5.74, 6) is 0.0348. The van der Waals surface area contributed by atoms with Gasteiger partial charge in [0.2, 0.25) is 0 Å².